The minimum absolute atomic E-state index is 0.0567. The Kier molecular flexibility index (Phi) is 3.11. The highest BCUT2D eigenvalue weighted by atomic mass is 16.6. The molecular formula is C25H14N2O5. The highest BCUT2D eigenvalue weighted by molar-refractivity contribution is 5.92. The van der Waals surface area contributed by atoms with Gasteiger partial charge in [-0.05, 0) is 42.5 Å². The van der Waals surface area contributed by atoms with E-state index in [1.807, 2.05) is 59.5 Å². The molecule has 4 aromatic rings. The number of non-ortho nitro benzene ring substituents is 1. The Hall–Kier alpha value is -4.52. The van der Waals surface area contributed by atoms with Gasteiger partial charge in [-0.2, -0.15) is 0 Å². The Morgan fingerprint density at radius 3 is 1.84 bits per heavy atom. The predicted molar refractivity (Wildman–Crippen MR) is 117 cm³/mol. The zero-order chi connectivity index (χ0) is 21.6. The van der Waals surface area contributed by atoms with Gasteiger partial charge in [0.05, 0.1) is 27.9 Å². The number of nitrogens with zero attached hydrogens (tertiary/aromatic N) is 2. The van der Waals surface area contributed by atoms with Gasteiger partial charge in [0.15, 0.2) is 0 Å². The van der Waals surface area contributed by atoms with Crippen LogP contribution in [0.15, 0.2) is 72.8 Å². The van der Waals surface area contributed by atoms with Crippen LogP contribution in [0.4, 0.5) is 22.7 Å². The maximum absolute atomic E-state index is 11.5. The maximum Gasteiger partial charge on any atom is 0.271 e. The van der Waals surface area contributed by atoms with E-state index in [-0.39, 0.29) is 17.4 Å². The fourth-order valence-electron chi connectivity index (χ4n) is 5.06. The Morgan fingerprint density at radius 2 is 1.28 bits per heavy atom. The summed E-state index contributed by atoms with van der Waals surface area (Å²) in [6.07, 6.45) is 0. The molecule has 0 radical (unpaired) electrons. The maximum atomic E-state index is 11.5. The van der Waals surface area contributed by atoms with Gasteiger partial charge in [-0.25, -0.2) is 0 Å². The predicted octanol–water partition coefficient (Wildman–Crippen LogP) is 6.48. The largest absolute Gasteiger partial charge is 0.506 e. The van der Waals surface area contributed by atoms with Crippen LogP contribution in [0.25, 0.3) is 0 Å². The molecule has 3 aliphatic rings. The normalized spacial score (nSPS) is 14.3. The average molecular weight is 422 g/mol. The first-order valence-electron chi connectivity index (χ1n) is 10.1. The molecule has 0 aromatic heterocycles. The Labute approximate surface area is 181 Å². The van der Waals surface area contributed by atoms with Gasteiger partial charge in [0.25, 0.3) is 5.69 Å². The van der Waals surface area contributed by atoms with E-state index < -0.39 is 4.92 Å². The average Bonchev–Trinajstić information content (AvgIpc) is 2.80. The molecule has 0 unspecified atom stereocenters. The summed E-state index contributed by atoms with van der Waals surface area (Å²) in [5.41, 5.74) is 4.68. The van der Waals surface area contributed by atoms with Crippen LogP contribution < -0.4 is 14.4 Å². The highest BCUT2D eigenvalue weighted by Crippen LogP contribution is 2.64. The molecule has 0 fully saturated rings. The van der Waals surface area contributed by atoms with Crippen LogP contribution >= 0.6 is 0 Å². The molecule has 1 N–H and O–H groups in total. The smallest absolute Gasteiger partial charge is 0.271 e. The van der Waals surface area contributed by atoms with Gasteiger partial charge in [0.1, 0.15) is 28.7 Å². The molecule has 7 rings (SSSR count). The molecule has 0 bridgehead atoms. The first kappa shape index (κ1) is 17.2. The number of nitro groups is 1. The summed E-state index contributed by atoms with van der Waals surface area (Å²) >= 11 is 0. The standard InChI is InChI=1S/C25H14N2O5/c28-17-11-10-13(27(29)30)12-16(17)26-14-4-1-6-18-22(14)25-23-15(26)5-2-7-19(23)32-21-9-3-8-20(31-18)24(21)25/h1-12,25,28H. The SMILES string of the molecule is O=[N+]([O-])c1ccc(O)c(N2c3cccc4c3C3c5c(cccc5Oc5cccc2c53)O4)c1. The Balaban J connectivity index is 1.59. The second-order valence-corrected chi connectivity index (χ2v) is 7.95. The molecule has 3 aliphatic heterocycles. The third kappa shape index (κ3) is 2.04. The number of phenols is 1. The number of phenolic OH excluding ortho intramolecular Hbond substituents is 1. The van der Waals surface area contributed by atoms with Crippen molar-refractivity contribution in [3.05, 3.63) is 99.6 Å². The van der Waals surface area contributed by atoms with Crippen molar-refractivity contribution in [2.45, 2.75) is 5.92 Å². The van der Waals surface area contributed by atoms with Gasteiger partial charge in [-0.15, -0.1) is 0 Å². The van der Waals surface area contributed by atoms with E-state index in [1.165, 1.54) is 18.2 Å². The molecule has 0 aliphatic carbocycles. The van der Waals surface area contributed by atoms with Crippen LogP contribution in [0, 0.1) is 10.1 Å². The monoisotopic (exact) mass is 422 g/mol. The Morgan fingerprint density at radius 1 is 0.750 bits per heavy atom. The summed E-state index contributed by atoms with van der Waals surface area (Å²) in [5, 5.41) is 22.2. The molecule has 7 heteroatoms. The van der Waals surface area contributed by atoms with Gasteiger partial charge in [0, 0.05) is 28.8 Å². The summed E-state index contributed by atoms with van der Waals surface area (Å²) in [5.74, 6) is 2.79. The van der Waals surface area contributed by atoms with E-state index >= 15 is 0 Å². The fraction of sp³-hybridized carbons (Fsp3) is 0.0400. The van der Waals surface area contributed by atoms with Crippen molar-refractivity contribution < 1.29 is 19.5 Å². The van der Waals surface area contributed by atoms with E-state index in [1.54, 1.807) is 0 Å². The van der Waals surface area contributed by atoms with E-state index in [0.29, 0.717) is 5.69 Å². The van der Waals surface area contributed by atoms with Crippen molar-refractivity contribution in [2.24, 2.45) is 0 Å². The van der Waals surface area contributed by atoms with Crippen molar-refractivity contribution in [3.63, 3.8) is 0 Å². The zero-order valence-electron chi connectivity index (χ0n) is 16.5. The third-order valence-corrected chi connectivity index (χ3v) is 6.31. The molecule has 32 heavy (non-hydrogen) atoms. The lowest BCUT2D eigenvalue weighted by Crippen LogP contribution is -2.27. The van der Waals surface area contributed by atoms with Gasteiger partial charge in [-0.3, -0.25) is 10.1 Å². The first-order chi connectivity index (χ1) is 15.6. The molecule has 0 spiro atoms. The summed E-state index contributed by atoms with van der Waals surface area (Å²) < 4.78 is 12.5. The highest BCUT2D eigenvalue weighted by Gasteiger charge is 2.44. The minimum Gasteiger partial charge on any atom is -0.506 e. The zero-order valence-corrected chi connectivity index (χ0v) is 16.5. The van der Waals surface area contributed by atoms with Crippen LogP contribution in [0.2, 0.25) is 0 Å². The lowest BCUT2D eigenvalue weighted by atomic mass is 9.76. The number of nitro benzene ring substituents is 1. The van der Waals surface area contributed by atoms with E-state index in [2.05, 4.69) is 0 Å². The van der Waals surface area contributed by atoms with Crippen LogP contribution in [0.1, 0.15) is 22.6 Å². The van der Waals surface area contributed by atoms with Crippen LogP contribution in [0.5, 0.6) is 28.7 Å². The van der Waals surface area contributed by atoms with Gasteiger partial charge >= 0.3 is 0 Å². The van der Waals surface area contributed by atoms with Crippen LogP contribution in [-0.4, -0.2) is 10.0 Å². The lowest BCUT2D eigenvalue weighted by molar-refractivity contribution is -0.384. The van der Waals surface area contributed by atoms with E-state index in [0.717, 1.165) is 51.1 Å². The molecular weight excluding hydrogens is 408 g/mol. The summed E-state index contributed by atoms with van der Waals surface area (Å²) in [6.45, 7) is 0. The van der Waals surface area contributed by atoms with Crippen LogP contribution in [0.3, 0.4) is 0 Å². The summed E-state index contributed by atoms with van der Waals surface area (Å²) in [4.78, 5) is 12.8. The molecule has 3 heterocycles. The van der Waals surface area contributed by atoms with Gasteiger partial charge < -0.3 is 19.5 Å². The van der Waals surface area contributed by atoms with Crippen molar-refractivity contribution in [1.29, 1.82) is 0 Å². The second kappa shape index (κ2) is 5.79. The fourth-order valence-corrected chi connectivity index (χ4v) is 5.06. The molecule has 4 aromatic carbocycles. The minimum atomic E-state index is -0.467. The molecule has 7 nitrogen and oxygen atoms in total. The van der Waals surface area contributed by atoms with Crippen LogP contribution in [-0.2, 0) is 0 Å². The van der Waals surface area contributed by atoms with Crippen molar-refractivity contribution in [3.8, 4) is 28.7 Å². The van der Waals surface area contributed by atoms with Gasteiger partial charge in [0.2, 0.25) is 0 Å². The lowest BCUT2D eigenvalue weighted by Gasteiger charge is -2.43. The molecule has 0 atom stereocenters. The molecule has 0 saturated carbocycles. The second-order valence-electron chi connectivity index (χ2n) is 7.95. The van der Waals surface area contributed by atoms with Crippen molar-refractivity contribution >= 4 is 22.7 Å². The quantitative estimate of drug-likeness (QED) is 0.254. The number of hydrogen-bond acceptors (Lipinski definition) is 6. The number of benzene rings is 4. The summed E-state index contributed by atoms with van der Waals surface area (Å²) in [6, 6.07) is 21.3. The first-order valence-corrected chi connectivity index (χ1v) is 10.1. The van der Waals surface area contributed by atoms with E-state index in [4.69, 9.17) is 9.47 Å². The third-order valence-electron chi connectivity index (χ3n) is 6.31. The number of ether oxygens (including phenoxy) is 2. The van der Waals surface area contributed by atoms with E-state index in [9.17, 15) is 15.2 Å². The number of anilines is 3. The molecule has 154 valence electrons. The molecule has 0 amide bonds. The topological polar surface area (TPSA) is 85.1 Å². The summed E-state index contributed by atoms with van der Waals surface area (Å²) in [7, 11) is 0. The van der Waals surface area contributed by atoms with Crippen molar-refractivity contribution in [1.82, 2.24) is 0 Å². The van der Waals surface area contributed by atoms with Crippen molar-refractivity contribution in [2.75, 3.05) is 4.90 Å². The molecule has 0 saturated heterocycles. The number of rotatable bonds is 2. The number of hydrogen-bond donors (Lipinski definition) is 1. The van der Waals surface area contributed by atoms with Gasteiger partial charge in [-0.1, -0.05) is 18.2 Å². The Bertz CT molecular complexity index is 1420. The number of aromatic hydroxyl groups is 1.